The Balaban J connectivity index is 2.64. The highest BCUT2D eigenvalue weighted by Crippen LogP contribution is 2.23. The van der Waals surface area contributed by atoms with Gasteiger partial charge in [-0.2, -0.15) is 0 Å². The van der Waals surface area contributed by atoms with E-state index in [1.807, 2.05) is 52.1 Å². The van der Waals surface area contributed by atoms with E-state index < -0.39 is 5.37 Å². The average Bonchev–Trinajstić information content (AvgIpc) is 2.06. The lowest BCUT2D eigenvalue weighted by atomic mass is 10.3. The predicted octanol–water partition coefficient (Wildman–Crippen LogP) is 2.82. The first-order chi connectivity index (χ1) is 5.64. The molecule has 0 amide bonds. The first kappa shape index (κ1) is 10.3. The summed E-state index contributed by atoms with van der Waals surface area (Å²) in [7, 11) is 1.55. The van der Waals surface area contributed by atoms with Gasteiger partial charge >= 0.3 is 5.37 Å². The molecule has 12 heavy (non-hydrogen) atoms. The van der Waals surface area contributed by atoms with E-state index in [1.54, 1.807) is 7.11 Å². The minimum atomic E-state index is -2.48. The Morgan fingerprint density at radius 2 is 1.92 bits per heavy atom. The van der Waals surface area contributed by atoms with Gasteiger partial charge < -0.3 is 8.85 Å². The van der Waals surface area contributed by atoms with Crippen molar-refractivity contribution in [3.05, 3.63) is 30.3 Å². The van der Waals surface area contributed by atoms with Crippen LogP contribution in [0.5, 0.6) is 5.75 Å². The van der Waals surface area contributed by atoms with Crippen molar-refractivity contribution in [1.82, 2.24) is 0 Å². The maximum Gasteiger partial charge on any atom is 0.575 e. The second kappa shape index (κ2) is 4.45. The van der Waals surface area contributed by atoms with Gasteiger partial charge in [0.25, 0.3) is 0 Å². The van der Waals surface area contributed by atoms with Gasteiger partial charge in [0.1, 0.15) is 5.75 Å². The molecule has 0 saturated heterocycles. The molecule has 5 heteroatoms. The van der Waals surface area contributed by atoms with Gasteiger partial charge in [-0.3, -0.25) is 0 Å². The first-order valence-electron chi connectivity index (χ1n) is 3.31. The van der Waals surface area contributed by atoms with E-state index in [0.717, 1.165) is 5.75 Å². The molecule has 0 saturated carbocycles. The van der Waals surface area contributed by atoms with Crippen molar-refractivity contribution in [2.24, 2.45) is 0 Å². The zero-order valence-electron chi connectivity index (χ0n) is 6.46. The minimum Gasteiger partial charge on any atom is -0.503 e. The lowest BCUT2D eigenvalue weighted by Gasteiger charge is -2.15. The molecular weight excluding hydrogens is 307 g/mol. The van der Waals surface area contributed by atoms with Crippen LogP contribution in [0.1, 0.15) is 0 Å². The van der Waals surface area contributed by atoms with E-state index in [-0.39, 0.29) is 0 Å². The van der Waals surface area contributed by atoms with Crippen LogP contribution in [0.4, 0.5) is 0 Å². The number of hydrogen-bond acceptors (Lipinski definition) is 2. The van der Waals surface area contributed by atoms with Crippen LogP contribution in [0, 0.1) is 0 Å². The normalized spacial score (nSPS) is 15.2. The van der Waals surface area contributed by atoms with Gasteiger partial charge in [-0.15, -0.1) is 0 Å². The zero-order valence-corrected chi connectivity index (χ0v) is 10.4. The van der Waals surface area contributed by atoms with Crippen molar-refractivity contribution in [3.63, 3.8) is 0 Å². The van der Waals surface area contributed by atoms with E-state index in [4.69, 9.17) is 19.9 Å². The predicted molar refractivity (Wildman–Crippen MR) is 59.7 cm³/mol. The van der Waals surface area contributed by atoms with Crippen LogP contribution in [0.15, 0.2) is 30.3 Å². The maximum absolute atomic E-state index is 5.94. The largest absolute Gasteiger partial charge is 0.575 e. The summed E-state index contributed by atoms with van der Waals surface area (Å²) >= 11 is 7.94. The number of hydrogen-bond donors (Lipinski definition) is 0. The van der Waals surface area contributed by atoms with Gasteiger partial charge in [-0.25, -0.2) is 0 Å². The molecule has 1 aromatic carbocycles. The van der Waals surface area contributed by atoms with Crippen molar-refractivity contribution in [1.29, 1.82) is 0 Å². The van der Waals surface area contributed by atoms with Gasteiger partial charge in [0.2, 0.25) is 0 Å². The molecule has 2 nitrogen and oxygen atoms in total. The highest BCUT2D eigenvalue weighted by atomic mass is 127. The van der Waals surface area contributed by atoms with Gasteiger partial charge in [0, 0.05) is 7.11 Å². The Morgan fingerprint density at radius 1 is 1.33 bits per heavy atom. The molecule has 0 bridgehead atoms. The highest BCUT2D eigenvalue weighted by Gasteiger charge is 2.33. The topological polar surface area (TPSA) is 18.5 Å². The second-order valence-electron chi connectivity index (χ2n) is 2.08. The average molecular weight is 315 g/mol. The van der Waals surface area contributed by atoms with Crippen molar-refractivity contribution < 1.29 is 8.85 Å². The van der Waals surface area contributed by atoms with Crippen LogP contribution in [0.3, 0.4) is 0 Å². The molecule has 1 rings (SSSR count). The molecular formula is C7H8ClIO2Si. The highest BCUT2D eigenvalue weighted by molar-refractivity contribution is 14.1. The lowest BCUT2D eigenvalue weighted by Crippen LogP contribution is -2.30. The molecule has 66 valence electrons. The molecule has 1 atom stereocenters. The first-order valence-corrected chi connectivity index (χ1v) is 9.25. The summed E-state index contributed by atoms with van der Waals surface area (Å²) in [6.07, 6.45) is 0. The van der Waals surface area contributed by atoms with Crippen molar-refractivity contribution in [2.75, 3.05) is 7.11 Å². The SMILES string of the molecule is CO[Si](Cl)(I)Oc1ccccc1. The second-order valence-corrected chi connectivity index (χ2v) is 11.3. The molecule has 0 aromatic heterocycles. The molecule has 0 spiro atoms. The molecule has 1 unspecified atom stereocenters. The van der Waals surface area contributed by atoms with Crippen molar-refractivity contribution in [3.8, 4) is 5.75 Å². The van der Waals surface area contributed by atoms with Crippen LogP contribution in [-0.4, -0.2) is 12.5 Å². The summed E-state index contributed by atoms with van der Waals surface area (Å²) in [6, 6.07) is 9.40. The van der Waals surface area contributed by atoms with Gasteiger partial charge in [-0.1, -0.05) is 29.3 Å². The number of halogens is 2. The maximum atomic E-state index is 5.94. The quantitative estimate of drug-likeness (QED) is 0.485. The number of para-hydroxylation sites is 1. The zero-order chi connectivity index (χ0) is 9.03. The monoisotopic (exact) mass is 314 g/mol. The summed E-state index contributed by atoms with van der Waals surface area (Å²) in [5, 5.41) is -2.48. The van der Waals surface area contributed by atoms with Crippen LogP contribution < -0.4 is 4.43 Å². The third-order valence-corrected chi connectivity index (χ3v) is 4.84. The smallest absolute Gasteiger partial charge is 0.503 e. The Hall–Kier alpha value is 0.217. The molecule has 0 aliphatic rings. The molecule has 0 aliphatic heterocycles. The van der Waals surface area contributed by atoms with E-state index in [1.165, 1.54) is 0 Å². The summed E-state index contributed by atoms with van der Waals surface area (Å²) in [5.41, 5.74) is 0. The summed E-state index contributed by atoms with van der Waals surface area (Å²) in [6.45, 7) is 0. The van der Waals surface area contributed by atoms with Crippen LogP contribution in [0.25, 0.3) is 0 Å². The fourth-order valence-electron chi connectivity index (χ4n) is 0.667. The number of rotatable bonds is 3. The molecule has 0 heterocycles. The van der Waals surface area contributed by atoms with Crippen molar-refractivity contribution >= 4 is 38.2 Å². The Morgan fingerprint density at radius 3 is 2.42 bits per heavy atom. The van der Waals surface area contributed by atoms with E-state index >= 15 is 0 Å². The third-order valence-electron chi connectivity index (χ3n) is 1.22. The van der Waals surface area contributed by atoms with Crippen LogP contribution in [-0.2, 0) is 4.43 Å². The van der Waals surface area contributed by atoms with Crippen molar-refractivity contribution in [2.45, 2.75) is 0 Å². The van der Waals surface area contributed by atoms with Crippen LogP contribution in [0.2, 0.25) is 0 Å². The third kappa shape index (κ3) is 3.30. The fourth-order valence-corrected chi connectivity index (χ4v) is 2.19. The van der Waals surface area contributed by atoms with E-state index in [9.17, 15) is 0 Å². The standard InChI is InChI=1S/C7H8ClIO2Si/c1-10-12(8,9)11-7-5-3-2-4-6-7/h2-6H,1H3. The number of benzene rings is 1. The van der Waals surface area contributed by atoms with Gasteiger partial charge in [-0.05, 0) is 33.9 Å². The molecule has 0 radical (unpaired) electrons. The minimum absolute atomic E-state index is 0.746. The van der Waals surface area contributed by atoms with Crippen LogP contribution >= 0.6 is 32.9 Å². The van der Waals surface area contributed by atoms with Gasteiger partial charge in [0.05, 0.1) is 0 Å². The molecule has 1 aromatic rings. The summed E-state index contributed by atoms with van der Waals surface area (Å²) < 4.78 is 10.4. The Kier molecular flexibility index (Phi) is 3.82. The molecule has 0 fully saturated rings. The summed E-state index contributed by atoms with van der Waals surface area (Å²) in [4.78, 5) is 0. The van der Waals surface area contributed by atoms with E-state index in [0.29, 0.717) is 0 Å². The lowest BCUT2D eigenvalue weighted by molar-refractivity contribution is 0.352. The molecule has 0 N–H and O–H groups in total. The Labute approximate surface area is 90.0 Å². The Bertz CT molecular complexity index is 242. The van der Waals surface area contributed by atoms with Gasteiger partial charge in [0.15, 0.2) is 0 Å². The fraction of sp³-hybridized carbons (Fsp3) is 0.143. The van der Waals surface area contributed by atoms with E-state index in [2.05, 4.69) is 0 Å². The molecule has 0 aliphatic carbocycles. The summed E-state index contributed by atoms with van der Waals surface area (Å²) in [5.74, 6) is 0.746.